The van der Waals surface area contributed by atoms with E-state index >= 15 is 0 Å². The quantitative estimate of drug-likeness (QED) is 0.808. The number of aromatic nitrogens is 2. The Balaban J connectivity index is 2.42. The van der Waals surface area contributed by atoms with Crippen molar-refractivity contribution >= 4 is 17.6 Å². The molecular formula is C13H10ClFN2O4. The fourth-order valence-electron chi connectivity index (χ4n) is 1.52. The van der Waals surface area contributed by atoms with Crippen LogP contribution in [0.15, 0.2) is 24.3 Å². The molecule has 2 rings (SSSR count). The number of carbonyl (C=O) groups excluding carboxylic acids is 1. The Morgan fingerprint density at radius 1 is 1.19 bits per heavy atom. The van der Waals surface area contributed by atoms with Crippen molar-refractivity contribution in [2.45, 2.75) is 0 Å². The summed E-state index contributed by atoms with van der Waals surface area (Å²) < 4.78 is 28.2. The molecule has 0 aliphatic heterocycles. The maximum absolute atomic E-state index is 13.1. The van der Waals surface area contributed by atoms with Crippen LogP contribution >= 0.6 is 11.6 Å². The number of methoxy groups -OCH3 is 2. The minimum Gasteiger partial charge on any atom is -0.493 e. The third kappa shape index (κ3) is 3.38. The summed E-state index contributed by atoms with van der Waals surface area (Å²) in [6, 6.07) is 4.91. The van der Waals surface area contributed by atoms with Crippen molar-refractivity contribution in [1.82, 2.24) is 10.2 Å². The van der Waals surface area contributed by atoms with Crippen molar-refractivity contribution in [3.63, 3.8) is 0 Å². The normalized spacial score (nSPS) is 10.1. The number of hydrogen-bond donors (Lipinski definition) is 0. The van der Waals surface area contributed by atoms with E-state index < -0.39 is 11.8 Å². The van der Waals surface area contributed by atoms with Crippen LogP contribution in [0.25, 0.3) is 0 Å². The van der Waals surface area contributed by atoms with Gasteiger partial charge in [0.15, 0.2) is 16.7 Å². The molecule has 0 aliphatic rings. The van der Waals surface area contributed by atoms with Gasteiger partial charge in [-0.05, 0) is 18.2 Å². The summed E-state index contributed by atoms with van der Waals surface area (Å²) in [6.07, 6.45) is 0. The van der Waals surface area contributed by atoms with Gasteiger partial charge in [-0.15, -0.1) is 10.2 Å². The molecule has 0 N–H and O–H groups in total. The molecule has 0 unspecified atom stereocenters. The molecular weight excluding hydrogens is 303 g/mol. The van der Waals surface area contributed by atoms with E-state index in [-0.39, 0.29) is 28.1 Å². The molecule has 1 heterocycles. The molecule has 0 spiro atoms. The van der Waals surface area contributed by atoms with E-state index in [1.165, 1.54) is 32.4 Å². The van der Waals surface area contributed by atoms with Crippen LogP contribution in [0.3, 0.4) is 0 Å². The minimum absolute atomic E-state index is 0.00817. The third-order valence-electron chi connectivity index (χ3n) is 2.47. The molecule has 0 aliphatic carbocycles. The van der Waals surface area contributed by atoms with Gasteiger partial charge in [-0.3, -0.25) is 0 Å². The van der Waals surface area contributed by atoms with E-state index in [9.17, 15) is 9.18 Å². The zero-order valence-corrected chi connectivity index (χ0v) is 11.8. The van der Waals surface area contributed by atoms with Gasteiger partial charge in [-0.1, -0.05) is 11.6 Å². The van der Waals surface area contributed by atoms with E-state index in [1.54, 1.807) is 0 Å². The van der Waals surface area contributed by atoms with Gasteiger partial charge in [0, 0.05) is 6.07 Å². The second-order valence-corrected chi connectivity index (χ2v) is 4.16. The van der Waals surface area contributed by atoms with Gasteiger partial charge in [0.25, 0.3) is 5.88 Å². The highest BCUT2D eigenvalue weighted by Crippen LogP contribution is 2.32. The fraction of sp³-hybridized carbons (Fsp3) is 0.154. The number of benzene rings is 1. The Kier molecular flexibility index (Phi) is 4.54. The highest BCUT2D eigenvalue weighted by atomic mass is 35.5. The van der Waals surface area contributed by atoms with Gasteiger partial charge < -0.3 is 14.2 Å². The lowest BCUT2D eigenvalue weighted by Crippen LogP contribution is -2.06. The van der Waals surface area contributed by atoms with Gasteiger partial charge in [-0.25, -0.2) is 9.18 Å². The van der Waals surface area contributed by atoms with Crippen LogP contribution < -0.4 is 9.47 Å². The molecule has 0 amide bonds. The lowest BCUT2D eigenvalue weighted by atomic mass is 10.3. The van der Waals surface area contributed by atoms with Crippen LogP contribution in [0.4, 0.5) is 4.39 Å². The van der Waals surface area contributed by atoms with Crippen LogP contribution in [-0.4, -0.2) is 30.4 Å². The number of nitrogens with zero attached hydrogens (tertiary/aromatic N) is 2. The van der Waals surface area contributed by atoms with Crippen molar-refractivity contribution in [2.24, 2.45) is 0 Å². The molecule has 1 aromatic heterocycles. The van der Waals surface area contributed by atoms with Gasteiger partial charge in [0.1, 0.15) is 11.4 Å². The number of halogens is 2. The van der Waals surface area contributed by atoms with Crippen LogP contribution in [0, 0.1) is 5.82 Å². The number of ether oxygens (including phenoxy) is 3. The highest BCUT2D eigenvalue weighted by molar-refractivity contribution is 6.29. The number of esters is 1. The van der Waals surface area contributed by atoms with Crippen molar-refractivity contribution in [2.75, 3.05) is 14.2 Å². The third-order valence-corrected chi connectivity index (χ3v) is 2.65. The molecule has 0 atom stereocenters. The first kappa shape index (κ1) is 15.0. The summed E-state index contributed by atoms with van der Waals surface area (Å²) >= 11 is 5.69. The number of hydrogen-bond acceptors (Lipinski definition) is 6. The summed E-state index contributed by atoms with van der Waals surface area (Å²) in [5, 5.41) is 7.29. The summed E-state index contributed by atoms with van der Waals surface area (Å²) in [5.41, 5.74) is -0.0103. The topological polar surface area (TPSA) is 70.5 Å². The van der Waals surface area contributed by atoms with Crippen molar-refractivity contribution in [3.05, 3.63) is 40.8 Å². The minimum atomic E-state index is -0.692. The Hall–Kier alpha value is -2.41. The van der Waals surface area contributed by atoms with Crippen LogP contribution in [0.5, 0.6) is 17.4 Å². The van der Waals surface area contributed by atoms with Gasteiger partial charge in [0.2, 0.25) is 0 Å². The van der Waals surface area contributed by atoms with E-state index in [2.05, 4.69) is 14.9 Å². The molecule has 1 aromatic carbocycles. The van der Waals surface area contributed by atoms with Crippen LogP contribution in [0.1, 0.15) is 10.4 Å². The molecule has 21 heavy (non-hydrogen) atoms. The van der Waals surface area contributed by atoms with Crippen LogP contribution in [-0.2, 0) is 4.74 Å². The molecule has 0 saturated carbocycles. The van der Waals surface area contributed by atoms with Crippen LogP contribution in [0.2, 0.25) is 5.15 Å². The summed E-state index contributed by atoms with van der Waals surface area (Å²) in [5.74, 6) is -1.00. The van der Waals surface area contributed by atoms with E-state index in [1.807, 2.05) is 0 Å². The molecule has 0 bridgehead atoms. The second kappa shape index (κ2) is 6.36. The van der Waals surface area contributed by atoms with Gasteiger partial charge in [-0.2, -0.15) is 0 Å². The SMILES string of the molecule is COC(=O)c1cc(Cl)nnc1Oc1ccc(F)cc1OC. The molecule has 6 nitrogen and oxygen atoms in total. The van der Waals surface area contributed by atoms with Crippen molar-refractivity contribution in [1.29, 1.82) is 0 Å². The first-order chi connectivity index (χ1) is 10.0. The zero-order valence-electron chi connectivity index (χ0n) is 11.1. The number of rotatable bonds is 4. The van der Waals surface area contributed by atoms with Crippen molar-refractivity contribution in [3.8, 4) is 17.4 Å². The molecule has 0 saturated heterocycles. The predicted molar refractivity (Wildman–Crippen MR) is 71.4 cm³/mol. The predicted octanol–water partition coefficient (Wildman–Crippen LogP) is 2.86. The average Bonchev–Trinajstić information content (AvgIpc) is 2.49. The van der Waals surface area contributed by atoms with E-state index in [4.69, 9.17) is 21.1 Å². The Bertz CT molecular complexity index is 681. The molecule has 2 aromatic rings. The van der Waals surface area contributed by atoms with E-state index in [0.717, 1.165) is 6.07 Å². The van der Waals surface area contributed by atoms with Crippen molar-refractivity contribution < 1.29 is 23.4 Å². The van der Waals surface area contributed by atoms with E-state index in [0.29, 0.717) is 0 Å². The zero-order chi connectivity index (χ0) is 15.4. The lowest BCUT2D eigenvalue weighted by Gasteiger charge is -2.11. The monoisotopic (exact) mass is 312 g/mol. The van der Waals surface area contributed by atoms with Gasteiger partial charge in [0.05, 0.1) is 14.2 Å². The fourth-order valence-corrected chi connectivity index (χ4v) is 1.67. The Morgan fingerprint density at radius 3 is 2.62 bits per heavy atom. The lowest BCUT2D eigenvalue weighted by molar-refractivity contribution is 0.0596. The summed E-state index contributed by atoms with van der Waals surface area (Å²) in [6.45, 7) is 0. The summed E-state index contributed by atoms with van der Waals surface area (Å²) in [4.78, 5) is 11.7. The van der Waals surface area contributed by atoms with Gasteiger partial charge >= 0.3 is 5.97 Å². The molecule has 0 fully saturated rings. The maximum Gasteiger partial charge on any atom is 0.343 e. The molecule has 0 radical (unpaired) electrons. The molecule has 8 heteroatoms. The first-order valence-corrected chi connectivity index (χ1v) is 6.06. The number of carbonyl (C=O) groups is 1. The maximum atomic E-state index is 13.1. The Morgan fingerprint density at radius 2 is 1.95 bits per heavy atom. The summed E-state index contributed by atoms with van der Waals surface area (Å²) in [7, 11) is 2.56. The Labute approximate surface area is 124 Å². The smallest absolute Gasteiger partial charge is 0.343 e. The molecule has 110 valence electrons. The largest absolute Gasteiger partial charge is 0.493 e. The second-order valence-electron chi connectivity index (χ2n) is 3.77. The average molecular weight is 313 g/mol. The highest BCUT2D eigenvalue weighted by Gasteiger charge is 2.18. The standard InChI is InChI=1S/C13H10ClFN2O4/c1-19-10-5-7(15)3-4-9(10)21-12-8(13(18)20-2)6-11(14)16-17-12/h3-6H,1-2H3. The first-order valence-electron chi connectivity index (χ1n) is 5.68.